The molecule has 3 amide bonds. The number of hydrogen-bond donors (Lipinski definition) is 0. The molecule has 3 aromatic rings. The molecule has 9 heterocycles. The summed E-state index contributed by atoms with van der Waals surface area (Å²) in [6.45, 7) is 10.5. The Morgan fingerprint density at radius 3 is 0.802 bits per heavy atom. The lowest BCUT2D eigenvalue weighted by Gasteiger charge is -2.53. The molecule has 30 heteroatoms. The first kappa shape index (κ1) is 71.7. The monoisotopic (exact) mass is 1500 g/mol. The number of fused-ring (bicyclic) bond motifs is 3. The molecule has 3 aromatic carbocycles. The fraction of sp³-hybridized carbons (Fsp3) is 0.682. The topological polar surface area (TPSA) is 210 Å². The molecule has 0 radical (unpaired) electrons. The third-order valence-electron chi connectivity index (χ3n) is 21.6. The molecule has 21 nitrogen and oxygen atoms in total. The molecule has 0 aromatic heterocycles. The van der Waals surface area contributed by atoms with Crippen LogP contribution in [0.1, 0.15) is 93.7 Å². The number of piperazine rings is 3. The minimum atomic E-state index is -3.36. The lowest BCUT2D eigenvalue weighted by Crippen LogP contribution is -2.72. The average molecular weight is 1510 g/mol. The predicted molar refractivity (Wildman–Crippen MR) is 371 cm³/mol. The van der Waals surface area contributed by atoms with Crippen molar-refractivity contribution in [3.8, 4) is 0 Å². The molecule has 3 aliphatic carbocycles. The summed E-state index contributed by atoms with van der Waals surface area (Å²) in [5.74, 6) is -0.0196. The van der Waals surface area contributed by atoms with Crippen LogP contribution in [0, 0.1) is 0 Å². The van der Waals surface area contributed by atoms with Gasteiger partial charge in [0.05, 0.1) is 159 Å². The van der Waals surface area contributed by atoms with Crippen LogP contribution in [0.15, 0.2) is 54.6 Å². The van der Waals surface area contributed by atoms with Crippen LogP contribution in [0.25, 0.3) is 0 Å². The normalized spacial score (nSPS) is 29.8. The van der Waals surface area contributed by atoms with Gasteiger partial charge in [-0.2, -0.15) is 12.9 Å². The Morgan fingerprint density at radius 1 is 0.333 bits per heavy atom. The Kier molecular flexibility index (Phi) is 22.6. The fourth-order valence-electron chi connectivity index (χ4n) is 16.3. The average Bonchev–Trinajstić information content (AvgIpc) is 0.915. The van der Waals surface area contributed by atoms with Gasteiger partial charge in [-0.1, -0.05) is 87.8 Å². The van der Waals surface area contributed by atoms with E-state index in [1.807, 2.05) is 32.9 Å². The fourth-order valence-corrected chi connectivity index (χ4v) is 23.3. The summed E-state index contributed by atoms with van der Waals surface area (Å²) in [5.41, 5.74) is 2.41. The number of ether oxygens (including phenoxy) is 3. The smallest absolute Gasteiger partial charge is 0.227 e. The molecule has 15 rings (SSSR count). The van der Waals surface area contributed by atoms with Crippen molar-refractivity contribution in [2.24, 2.45) is 0 Å². The Balaban J connectivity index is 0.000000130. The molecule has 9 aliphatic heterocycles. The maximum Gasteiger partial charge on any atom is 0.227 e. The number of nitrogens with zero attached hydrogens (tertiary/aromatic N) is 9. The van der Waals surface area contributed by atoms with E-state index in [2.05, 4.69) is 14.7 Å². The van der Waals surface area contributed by atoms with E-state index in [0.29, 0.717) is 109 Å². The maximum absolute atomic E-state index is 13.5. The van der Waals surface area contributed by atoms with Gasteiger partial charge in [-0.25, -0.2) is 25.3 Å². The SMILES string of the molecule is O=C(Cc1ccc(Cl)c(Cl)c1)N1CCN(S(=O)(=O)C2CC2)[C@@H]2COC[C@H](N3CCCC3)[C@H]21.O=C(Cc1ccc(Cl)c(Cl)c1)N1CCN(S(=O)(=O)C2CC2)[C@@H]2COC[C@H](N3CCCC3)[C@H]21.O=C(Cc1ccc(Cl)c(Cl)c1)N1CCN(S(=O)(=O)C2CC2)[C@H]2COC[C@@H](N3CCCC3)[C@@H]21. The first-order valence-electron chi connectivity index (χ1n) is 34.3. The second-order valence-corrected chi connectivity index (χ2v) is 36.8. The molecule has 3 saturated carbocycles. The van der Waals surface area contributed by atoms with Crippen LogP contribution < -0.4 is 0 Å². The van der Waals surface area contributed by atoms with Crippen LogP contribution in [-0.2, 0) is 77.9 Å². The quantitative estimate of drug-likeness (QED) is 0.147. The highest BCUT2D eigenvalue weighted by Crippen LogP contribution is 2.42. The van der Waals surface area contributed by atoms with Crippen LogP contribution >= 0.6 is 69.6 Å². The number of likely N-dealkylation sites (tertiary alicyclic amines) is 3. The molecule has 0 unspecified atom stereocenters. The highest BCUT2D eigenvalue weighted by molar-refractivity contribution is 7.90. The van der Waals surface area contributed by atoms with Gasteiger partial charge in [0.15, 0.2) is 0 Å². The highest BCUT2D eigenvalue weighted by atomic mass is 35.5. The van der Waals surface area contributed by atoms with E-state index in [4.69, 9.17) is 83.8 Å². The summed E-state index contributed by atoms with van der Waals surface area (Å²) in [7, 11) is -10.1. The van der Waals surface area contributed by atoms with Crippen LogP contribution in [0.5, 0.6) is 0 Å². The number of sulfonamides is 3. The third-order valence-corrected chi connectivity index (χ3v) is 31.1. The summed E-state index contributed by atoms with van der Waals surface area (Å²) in [4.78, 5) is 53.4. The highest BCUT2D eigenvalue weighted by Gasteiger charge is 2.57. The number of hydrogen-bond acceptors (Lipinski definition) is 15. The molecular formula is C66H87Cl6N9O12S3. The van der Waals surface area contributed by atoms with Crippen molar-refractivity contribution < 1.29 is 53.8 Å². The van der Waals surface area contributed by atoms with Gasteiger partial charge in [0, 0.05) is 39.3 Å². The van der Waals surface area contributed by atoms with Crippen LogP contribution in [-0.4, -0.2) is 274 Å². The van der Waals surface area contributed by atoms with Crippen molar-refractivity contribution in [2.75, 3.05) is 118 Å². The number of benzene rings is 3. The molecule has 0 N–H and O–H groups in total. The van der Waals surface area contributed by atoms with Gasteiger partial charge in [0.25, 0.3) is 0 Å². The van der Waals surface area contributed by atoms with Crippen LogP contribution in [0.3, 0.4) is 0 Å². The first-order chi connectivity index (χ1) is 46.1. The molecule has 0 bridgehead atoms. The molecular weight excluding hydrogens is 1420 g/mol. The standard InChI is InChI=1S/3C22H29Cl2N3O4S/c3*23-17-6-3-15(11-18(17)24)12-21(28)26-9-10-27(32(29,30)16-4-5-16)20-14-31-13-19(22(20)26)25-7-1-2-8-25/h3*3,6,11,16,19-20,22H,1-2,4-5,7-10,12-14H2/t3*19-,20+,22+/m100/s1. The summed E-state index contributed by atoms with van der Waals surface area (Å²) in [5, 5.41) is 1.85. The van der Waals surface area contributed by atoms with Crippen molar-refractivity contribution in [3.05, 3.63) is 101 Å². The lowest BCUT2D eigenvalue weighted by atomic mass is 9.92. The zero-order valence-corrected chi connectivity index (χ0v) is 60.9. The van der Waals surface area contributed by atoms with Gasteiger partial charge in [0.1, 0.15) is 0 Å². The Bertz CT molecular complexity index is 3320. The molecule has 12 aliphatic rings. The molecule has 9 atom stereocenters. The molecule has 9 saturated heterocycles. The van der Waals surface area contributed by atoms with Gasteiger partial charge in [-0.3, -0.25) is 29.1 Å². The molecule has 12 fully saturated rings. The van der Waals surface area contributed by atoms with Gasteiger partial charge in [0.2, 0.25) is 47.8 Å². The van der Waals surface area contributed by atoms with Crippen LogP contribution in [0.2, 0.25) is 30.1 Å². The zero-order valence-electron chi connectivity index (χ0n) is 53.9. The van der Waals surface area contributed by atoms with E-state index in [1.165, 1.54) is 0 Å². The van der Waals surface area contributed by atoms with E-state index in [-0.39, 0.29) is 107 Å². The Morgan fingerprint density at radius 2 is 0.573 bits per heavy atom. The van der Waals surface area contributed by atoms with E-state index in [1.54, 1.807) is 49.3 Å². The minimum absolute atomic E-state index is 0.00575. The summed E-state index contributed by atoms with van der Waals surface area (Å²) >= 11 is 36.6. The summed E-state index contributed by atoms with van der Waals surface area (Å²) in [6, 6.07) is 14.1. The third kappa shape index (κ3) is 15.5. The van der Waals surface area contributed by atoms with E-state index >= 15 is 0 Å². The minimum Gasteiger partial charge on any atom is -0.378 e. The summed E-state index contributed by atoms with van der Waals surface area (Å²) in [6.07, 6.45) is 11.7. The number of carbonyl (C=O) groups excluding carboxylic acids is 3. The maximum atomic E-state index is 13.5. The summed E-state index contributed by atoms with van der Waals surface area (Å²) < 4.78 is 102. The van der Waals surface area contributed by atoms with Crippen molar-refractivity contribution in [3.63, 3.8) is 0 Å². The number of halogens is 6. The van der Waals surface area contributed by atoms with Crippen LogP contribution in [0.4, 0.5) is 0 Å². The van der Waals surface area contributed by atoms with Gasteiger partial charge >= 0.3 is 0 Å². The van der Waals surface area contributed by atoms with Crippen molar-refractivity contribution in [1.82, 2.24) is 42.3 Å². The first-order valence-corrected chi connectivity index (χ1v) is 41.0. The van der Waals surface area contributed by atoms with Crippen molar-refractivity contribution in [2.45, 2.75) is 166 Å². The van der Waals surface area contributed by atoms with Gasteiger partial charge in [-0.15, -0.1) is 0 Å². The largest absolute Gasteiger partial charge is 0.378 e. The lowest BCUT2D eigenvalue weighted by molar-refractivity contribution is -0.147. The second-order valence-electron chi connectivity index (χ2n) is 27.8. The van der Waals surface area contributed by atoms with Gasteiger partial charge < -0.3 is 28.9 Å². The number of rotatable bonds is 15. The number of amides is 3. The number of carbonyl (C=O) groups is 3. The van der Waals surface area contributed by atoms with Gasteiger partial charge in [-0.05, 0) is 169 Å². The van der Waals surface area contributed by atoms with E-state index in [0.717, 1.165) is 133 Å². The zero-order chi connectivity index (χ0) is 67.4. The molecule has 528 valence electrons. The Hall–Kier alpha value is -2.70. The van der Waals surface area contributed by atoms with Crippen molar-refractivity contribution in [1.29, 1.82) is 0 Å². The molecule has 0 spiro atoms. The van der Waals surface area contributed by atoms with E-state index in [9.17, 15) is 39.6 Å². The predicted octanol–water partition coefficient (Wildman–Crippen LogP) is 7.21. The van der Waals surface area contributed by atoms with E-state index < -0.39 is 30.1 Å². The second kappa shape index (κ2) is 30.3. The Labute approximate surface area is 595 Å². The molecule has 96 heavy (non-hydrogen) atoms. The van der Waals surface area contributed by atoms with Crippen molar-refractivity contribution >= 4 is 117 Å².